The first-order chi connectivity index (χ1) is 16.4. The van der Waals surface area contributed by atoms with Crippen molar-refractivity contribution < 1.29 is 19.1 Å². The summed E-state index contributed by atoms with van der Waals surface area (Å²) in [5, 5.41) is 9.33. The molecule has 0 aliphatic carbocycles. The van der Waals surface area contributed by atoms with Crippen LogP contribution in [0.15, 0.2) is 65.6 Å². The lowest BCUT2D eigenvalue weighted by Crippen LogP contribution is -2.27. The Labute approximate surface area is 219 Å². The molecular weight excluding hydrogens is 587 g/mol. The molecule has 3 aromatic rings. The summed E-state index contributed by atoms with van der Waals surface area (Å²) in [7, 11) is 1.53. The molecule has 0 saturated carbocycles. The number of hydrogen-bond donors (Lipinski definition) is 0. The van der Waals surface area contributed by atoms with Crippen molar-refractivity contribution in [2.24, 2.45) is 0 Å². The standard InChI is InChI=1S/C25H16ClIN2O4S/c1-32-21-10-15(9-20(27)23(21)33-14-17-6-3-2-5-16(17)13-28)11-22-24(30)29(25(31)34-22)19-8-4-7-18(26)12-19/h2-12H,14H2,1H3/b22-11+. The minimum absolute atomic E-state index is 0.202. The van der Waals surface area contributed by atoms with E-state index in [0.29, 0.717) is 38.2 Å². The topological polar surface area (TPSA) is 79.6 Å². The fraction of sp³-hybridized carbons (Fsp3) is 0.0800. The average molecular weight is 603 g/mol. The number of amides is 2. The lowest BCUT2D eigenvalue weighted by atomic mass is 10.1. The summed E-state index contributed by atoms with van der Waals surface area (Å²) in [6.45, 7) is 0.202. The van der Waals surface area contributed by atoms with Gasteiger partial charge in [-0.1, -0.05) is 35.9 Å². The van der Waals surface area contributed by atoms with Crippen LogP contribution in [0.25, 0.3) is 6.08 Å². The molecule has 0 N–H and O–H groups in total. The number of ether oxygens (including phenoxy) is 2. The SMILES string of the molecule is COc1cc(/C=C2/SC(=O)N(c3cccc(Cl)c3)C2=O)cc(I)c1OCc1ccccc1C#N. The van der Waals surface area contributed by atoms with Crippen molar-refractivity contribution in [3.63, 3.8) is 0 Å². The van der Waals surface area contributed by atoms with Gasteiger partial charge in [0.1, 0.15) is 6.61 Å². The molecule has 9 heteroatoms. The van der Waals surface area contributed by atoms with E-state index in [1.807, 2.05) is 18.2 Å². The van der Waals surface area contributed by atoms with Crippen molar-refractivity contribution in [1.29, 1.82) is 5.26 Å². The first-order valence-corrected chi connectivity index (χ1v) is 12.2. The molecule has 0 bridgehead atoms. The molecule has 1 saturated heterocycles. The molecule has 0 aromatic heterocycles. The third kappa shape index (κ3) is 5.06. The number of imide groups is 1. The Hall–Kier alpha value is -3.00. The third-order valence-electron chi connectivity index (χ3n) is 4.92. The molecule has 3 aromatic carbocycles. The molecule has 0 spiro atoms. The van der Waals surface area contributed by atoms with E-state index in [1.165, 1.54) is 7.11 Å². The van der Waals surface area contributed by atoms with E-state index in [4.69, 9.17) is 21.1 Å². The van der Waals surface area contributed by atoms with Gasteiger partial charge in [-0.2, -0.15) is 5.26 Å². The van der Waals surface area contributed by atoms with Crippen molar-refractivity contribution in [2.45, 2.75) is 6.61 Å². The average Bonchev–Trinajstić information content (AvgIpc) is 3.10. The minimum atomic E-state index is -0.417. The number of thioether (sulfide) groups is 1. The van der Waals surface area contributed by atoms with Gasteiger partial charge in [0.25, 0.3) is 11.1 Å². The number of hydrogen-bond acceptors (Lipinski definition) is 6. The van der Waals surface area contributed by atoms with Crippen LogP contribution < -0.4 is 14.4 Å². The van der Waals surface area contributed by atoms with Crippen LogP contribution in [0, 0.1) is 14.9 Å². The highest BCUT2D eigenvalue weighted by atomic mass is 127. The molecule has 1 heterocycles. The third-order valence-corrected chi connectivity index (χ3v) is 6.83. The summed E-state index contributed by atoms with van der Waals surface area (Å²) < 4.78 is 12.3. The van der Waals surface area contributed by atoms with Gasteiger partial charge in [-0.05, 0) is 82.4 Å². The van der Waals surface area contributed by atoms with E-state index < -0.39 is 11.1 Å². The highest BCUT2D eigenvalue weighted by Crippen LogP contribution is 2.39. The second-order valence-corrected chi connectivity index (χ2v) is 9.68. The molecule has 0 atom stereocenters. The normalized spacial score (nSPS) is 14.4. The summed E-state index contributed by atoms with van der Waals surface area (Å²) in [6.07, 6.45) is 1.65. The number of benzene rings is 3. The van der Waals surface area contributed by atoms with Gasteiger partial charge in [0, 0.05) is 10.6 Å². The number of carbonyl (C=O) groups is 2. The molecule has 4 rings (SSSR count). The van der Waals surface area contributed by atoms with Crippen molar-refractivity contribution >= 4 is 68.9 Å². The molecule has 1 aliphatic rings. The zero-order valence-electron chi connectivity index (χ0n) is 17.7. The highest BCUT2D eigenvalue weighted by molar-refractivity contribution is 14.1. The maximum absolute atomic E-state index is 12.9. The summed E-state index contributed by atoms with van der Waals surface area (Å²) in [5.74, 6) is 0.585. The summed E-state index contributed by atoms with van der Waals surface area (Å²) in [4.78, 5) is 26.9. The number of carbonyl (C=O) groups excluding carboxylic acids is 2. The molecule has 6 nitrogen and oxygen atoms in total. The van der Waals surface area contributed by atoms with E-state index in [2.05, 4.69) is 28.7 Å². The number of halogens is 2. The lowest BCUT2D eigenvalue weighted by molar-refractivity contribution is -0.113. The van der Waals surface area contributed by atoms with Crippen LogP contribution in [0.2, 0.25) is 5.02 Å². The molecule has 0 radical (unpaired) electrons. The van der Waals surface area contributed by atoms with Crippen molar-refractivity contribution in [2.75, 3.05) is 12.0 Å². The zero-order valence-corrected chi connectivity index (χ0v) is 21.5. The fourth-order valence-corrected chi connectivity index (χ4v) is 5.13. The van der Waals surface area contributed by atoms with Crippen LogP contribution in [-0.4, -0.2) is 18.3 Å². The zero-order chi connectivity index (χ0) is 24.2. The summed E-state index contributed by atoms with van der Waals surface area (Å²) >= 11 is 9.01. The number of nitrogens with zero attached hydrogens (tertiary/aromatic N) is 2. The first kappa shape index (κ1) is 24.1. The molecule has 170 valence electrons. The Kier molecular flexibility index (Phi) is 7.46. The number of anilines is 1. The fourth-order valence-electron chi connectivity index (χ4n) is 3.33. The minimum Gasteiger partial charge on any atom is -0.493 e. The maximum atomic E-state index is 12.9. The maximum Gasteiger partial charge on any atom is 0.298 e. The van der Waals surface area contributed by atoms with Gasteiger partial charge in [-0.25, -0.2) is 4.90 Å². The van der Waals surface area contributed by atoms with Gasteiger partial charge in [0.2, 0.25) is 0 Å². The van der Waals surface area contributed by atoms with E-state index in [0.717, 1.165) is 25.8 Å². The number of methoxy groups -OCH3 is 1. The van der Waals surface area contributed by atoms with Gasteiger partial charge in [-0.3, -0.25) is 9.59 Å². The van der Waals surface area contributed by atoms with Gasteiger partial charge in [0.15, 0.2) is 11.5 Å². The predicted octanol–water partition coefficient (Wildman–Crippen LogP) is 6.64. The van der Waals surface area contributed by atoms with E-state index in [9.17, 15) is 14.9 Å². The Bertz CT molecular complexity index is 1370. The van der Waals surface area contributed by atoms with Gasteiger partial charge < -0.3 is 9.47 Å². The molecule has 1 aliphatic heterocycles. The van der Waals surface area contributed by atoms with Crippen LogP contribution in [0.5, 0.6) is 11.5 Å². The first-order valence-electron chi connectivity index (χ1n) is 9.93. The Morgan fingerprint density at radius 3 is 2.68 bits per heavy atom. The largest absolute Gasteiger partial charge is 0.493 e. The highest BCUT2D eigenvalue weighted by Gasteiger charge is 2.36. The quantitative estimate of drug-likeness (QED) is 0.232. The molecule has 2 amide bonds. The predicted molar refractivity (Wildman–Crippen MR) is 141 cm³/mol. The van der Waals surface area contributed by atoms with Gasteiger partial charge >= 0.3 is 0 Å². The van der Waals surface area contributed by atoms with Crippen molar-refractivity contribution in [3.8, 4) is 17.6 Å². The Morgan fingerprint density at radius 1 is 1.15 bits per heavy atom. The number of nitriles is 1. The van der Waals surface area contributed by atoms with Crippen molar-refractivity contribution in [3.05, 3.63) is 90.9 Å². The van der Waals surface area contributed by atoms with Crippen molar-refractivity contribution in [1.82, 2.24) is 0 Å². The summed E-state index contributed by atoms with van der Waals surface area (Å²) in [5.41, 5.74) is 2.42. The molecular formula is C25H16ClIN2O4S. The van der Waals surface area contributed by atoms with Crippen LogP contribution in [0.3, 0.4) is 0 Å². The van der Waals surface area contributed by atoms with E-state index in [-0.39, 0.29) is 6.61 Å². The van der Waals surface area contributed by atoms with Crippen LogP contribution in [0.4, 0.5) is 10.5 Å². The second kappa shape index (κ2) is 10.5. The molecule has 34 heavy (non-hydrogen) atoms. The van der Waals surface area contributed by atoms with Crippen LogP contribution in [0.1, 0.15) is 16.7 Å². The molecule has 1 fully saturated rings. The van der Waals surface area contributed by atoms with Crippen LogP contribution >= 0.6 is 46.0 Å². The lowest BCUT2D eigenvalue weighted by Gasteiger charge is -2.14. The van der Waals surface area contributed by atoms with Gasteiger partial charge in [0.05, 0.1) is 32.9 Å². The Morgan fingerprint density at radius 2 is 1.94 bits per heavy atom. The second-order valence-electron chi connectivity index (χ2n) is 7.09. The monoisotopic (exact) mass is 602 g/mol. The van der Waals surface area contributed by atoms with E-state index in [1.54, 1.807) is 48.5 Å². The molecule has 0 unspecified atom stereocenters. The van der Waals surface area contributed by atoms with Gasteiger partial charge in [-0.15, -0.1) is 0 Å². The number of rotatable bonds is 6. The summed E-state index contributed by atoms with van der Waals surface area (Å²) in [6, 6.07) is 19.5. The smallest absolute Gasteiger partial charge is 0.298 e. The van der Waals surface area contributed by atoms with Crippen LogP contribution in [-0.2, 0) is 11.4 Å². The Balaban J connectivity index is 1.60. The van der Waals surface area contributed by atoms with E-state index >= 15 is 0 Å².